The molecule has 0 saturated carbocycles. The SMILES string of the molecule is CC1(C)OCCC1OC(=O)CCc1ccccc1. The van der Waals surface area contributed by atoms with Crippen molar-refractivity contribution in [3.63, 3.8) is 0 Å². The van der Waals surface area contributed by atoms with Gasteiger partial charge < -0.3 is 9.47 Å². The van der Waals surface area contributed by atoms with E-state index in [0.717, 1.165) is 18.4 Å². The number of rotatable bonds is 4. The van der Waals surface area contributed by atoms with E-state index in [4.69, 9.17) is 9.47 Å². The Hall–Kier alpha value is -1.35. The molecule has 1 aromatic carbocycles. The topological polar surface area (TPSA) is 35.5 Å². The zero-order valence-corrected chi connectivity index (χ0v) is 11.0. The molecular weight excluding hydrogens is 228 g/mol. The number of hydrogen-bond acceptors (Lipinski definition) is 3. The molecule has 2 rings (SSSR count). The summed E-state index contributed by atoms with van der Waals surface area (Å²) in [7, 11) is 0. The van der Waals surface area contributed by atoms with E-state index < -0.39 is 0 Å². The van der Waals surface area contributed by atoms with Gasteiger partial charge in [0.05, 0.1) is 12.2 Å². The van der Waals surface area contributed by atoms with E-state index in [1.165, 1.54) is 0 Å². The lowest BCUT2D eigenvalue weighted by atomic mass is 10.0. The van der Waals surface area contributed by atoms with Gasteiger partial charge in [-0.1, -0.05) is 30.3 Å². The van der Waals surface area contributed by atoms with E-state index in [1.54, 1.807) is 0 Å². The highest BCUT2D eigenvalue weighted by Crippen LogP contribution is 2.28. The molecule has 0 radical (unpaired) electrons. The van der Waals surface area contributed by atoms with Crippen LogP contribution in [0.5, 0.6) is 0 Å². The van der Waals surface area contributed by atoms with E-state index in [9.17, 15) is 4.79 Å². The number of esters is 1. The van der Waals surface area contributed by atoms with Crippen molar-refractivity contribution in [2.45, 2.75) is 44.8 Å². The first-order valence-electron chi connectivity index (χ1n) is 6.45. The summed E-state index contributed by atoms with van der Waals surface area (Å²) in [6.07, 6.45) is 1.84. The third-order valence-corrected chi connectivity index (χ3v) is 3.36. The van der Waals surface area contributed by atoms with Crippen LogP contribution in [0, 0.1) is 0 Å². The molecule has 1 unspecified atom stereocenters. The average Bonchev–Trinajstić information content (AvgIpc) is 2.68. The third kappa shape index (κ3) is 3.33. The molecule has 0 aliphatic carbocycles. The molecule has 1 aromatic rings. The van der Waals surface area contributed by atoms with Gasteiger partial charge in [0.25, 0.3) is 0 Å². The molecular formula is C15H20O3. The molecule has 1 aliphatic heterocycles. The van der Waals surface area contributed by atoms with Crippen molar-refractivity contribution in [2.75, 3.05) is 6.61 Å². The monoisotopic (exact) mass is 248 g/mol. The Balaban J connectivity index is 1.79. The Morgan fingerprint density at radius 2 is 2.11 bits per heavy atom. The van der Waals surface area contributed by atoms with Crippen molar-refractivity contribution in [1.29, 1.82) is 0 Å². The van der Waals surface area contributed by atoms with Crippen LogP contribution in [0.3, 0.4) is 0 Å². The summed E-state index contributed by atoms with van der Waals surface area (Å²) in [5, 5.41) is 0. The second-order valence-electron chi connectivity index (χ2n) is 5.20. The molecule has 3 nitrogen and oxygen atoms in total. The van der Waals surface area contributed by atoms with Crippen LogP contribution in [0.1, 0.15) is 32.3 Å². The molecule has 0 spiro atoms. The van der Waals surface area contributed by atoms with Crippen molar-refractivity contribution >= 4 is 5.97 Å². The summed E-state index contributed by atoms with van der Waals surface area (Å²) in [4.78, 5) is 11.8. The zero-order valence-electron chi connectivity index (χ0n) is 11.0. The minimum Gasteiger partial charge on any atom is -0.459 e. The first kappa shape index (κ1) is 13.1. The van der Waals surface area contributed by atoms with Crippen molar-refractivity contribution in [2.24, 2.45) is 0 Å². The van der Waals surface area contributed by atoms with Crippen molar-refractivity contribution < 1.29 is 14.3 Å². The largest absolute Gasteiger partial charge is 0.459 e. The molecule has 3 heteroatoms. The Bertz CT molecular complexity index is 397. The smallest absolute Gasteiger partial charge is 0.306 e. The highest BCUT2D eigenvalue weighted by Gasteiger charge is 2.38. The number of hydrogen-bond donors (Lipinski definition) is 0. The Kier molecular flexibility index (Phi) is 4.02. The van der Waals surface area contributed by atoms with Gasteiger partial charge in [0.15, 0.2) is 0 Å². The molecule has 1 aliphatic rings. The molecule has 1 saturated heterocycles. The average molecular weight is 248 g/mol. The molecule has 18 heavy (non-hydrogen) atoms. The predicted molar refractivity (Wildman–Crippen MR) is 69.3 cm³/mol. The van der Waals surface area contributed by atoms with Gasteiger partial charge in [-0.15, -0.1) is 0 Å². The maximum Gasteiger partial charge on any atom is 0.306 e. The van der Waals surface area contributed by atoms with Crippen molar-refractivity contribution in [1.82, 2.24) is 0 Å². The van der Waals surface area contributed by atoms with E-state index in [1.807, 2.05) is 44.2 Å². The molecule has 98 valence electrons. The highest BCUT2D eigenvalue weighted by molar-refractivity contribution is 5.70. The normalized spacial score (nSPS) is 21.8. The maximum atomic E-state index is 11.8. The molecule has 1 heterocycles. The fourth-order valence-electron chi connectivity index (χ4n) is 2.18. The van der Waals surface area contributed by atoms with Gasteiger partial charge in [-0.05, 0) is 25.8 Å². The second kappa shape index (κ2) is 5.53. The zero-order chi connectivity index (χ0) is 13.0. The minimum atomic E-state index is -0.345. The highest BCUT2D eigenvalue weighted by atomic mass is 16.6. The summed E-state index contributed by atoms with van der Waals surface area (Å²) in [5.74, 6) is -0.137. The predicted octanol–water partition coefficient (Wildman–Crippen LogP) is 2.73. The van der Waals surface area contributed by atoms with Crippen LogP contribution in [0.4, 0.5) is 0 Å². The van der Waals surface area contributed by atoms with Crippen molar-refractivity contribution in [3.8, 4) is 0 Å². The third-order valence-electron chi connectivity index (χ3n) is 3.36. The van der Waals surface area contributed by atoms with E-state index >= 15 is 0 Å². The van der Waals surface area contributed by atoms with Gasteiger partial charge >= 0.3 is 5.97 Å². The van der Waals surface area contributed by atoms with E-state index in [-0.39, 0.29) is 17.7 Å². The summed E-state index contributed by atoms with van der Waals surface area (Å²) in [6, 6.07) is 9.98. The molecule has 0 N–H and O–H groups in total. The van der Waals surface area contributed by atoms with Crippen LogP contribution in [-0.2, 0) is 20.7 Å². The second-order valence-corrected chi connectivity index (χ2v) is 5.20. The van der Waals surface area contributed by atoms with Crippen LogP contribution in [0.25, 0.3) is 0 Å². The van der Waals surface area contributed by atoms with Crippen LogP contribution in [0.2, 0.25) is 0 Å². The Morgan fingerprint density at radius 3 is 2.72 bits per heavy atom. The van der Waals surface area contributed by atoms with Gasteiger partial charge in [0.1, 0.15) is 6.10 Å². The fourth-order valence-corrected chi connectivity index (χ4v) is 2.18. The van der Waals surface area contributed by atoms with Crippen LogP contribution in [-0.4, -0.2) is 24.3 Å². The molecule has 0 aromatic heterocycles. The lowest BCUT2D eigenvalue weighted by Gasteiger charge is -2.25. The summed E-state index contributed by atoms with van der Waals surface area (Å²) in [5.41, 5.74) is 0.818. The van der Waals surface area contributed by atoms with Crippen LogP contribution < -0.4 is 0 Å². The van der Waals surface area contributed by atoms with Gasteiger partial charge in [0, 0.05) is 12.8 Å². The Labute approximate surface area is 108 Å². The minimum absolute atomic E-state index is 0.110. The number of ether oxygens (including phenoxy) is 2. The standard InChI is InChI=1S/C15H20O3/c1-15(2)13(10-11-17-15)18-14(16)9-8-12-6-4-3-5-7-12/h3-7,13H,8-11H2,1-2H3. The molecule has 0 bridgehead atoms. The van der Waals surface area contributed by atoms with E-state index in [2.05, 4.69) is 0 Å². The fraction of sp³-hybridized carbons (Fsp3) is 0.533. The lowest BCUT2D eigenvalue weighted by molar-refractivity contribution is -0.156. The first-order chi connectivity index (χ1) is 8.58. The number of benzene rings is 1. The van der Waals surface area contributed by atoms with Gasteiger partial charge in [-0.2, -0.15) is 0 Å². The van der Waals surface area contributed by atoms with Gasteiger partial charge in [-0.3, -0.25) is 4.79 Å². The summed E-state index contributed by atoms with van der Waals surface area (Å²) in [6.45, 7) is 4.61. The maximum absolute atomic E-state index is 11.8. The van der Waals surface area contributed by atoms with Gasteiger partial charge in [-0.25, -0.2) is 0 Å². The van der Waals surface area contributed by atoms with Crippen LogP contribution >= 0.6 is 0 Å². The summed E-state index contributed by atoms with van der Waals surface area (Å²) >= 11 is 0. The Morgan fingerprint density at radius 1 is 1.39 bits per heavy atom. The number of carbonyl (C=O) groups excluding carboxylic acids is 1. The number of carbonyl (C=O) groups is 1. The number of aryl methyl sites for hydroxylation is 1. The molecule has 1 atom stereocenters. The molecule has 1 fully saturated rings. The van der Waals surface area contributed by atoms with Crippen LogP contribution in [0.15, 0.2) is 30.3 Å². The van der Waals surface area contributed by atoms with Crippen molar-refractivity contribution in [3.05, 3.63) is 35.9 Å². The first-order valence-corrected chi connectivity index (χ1v) is 6.45. The van der Waals surface area contributed by atoms with E-state index in [0.29, 0.717) is 13.0 Å². The van der Waals surface area contributed by atoms with Gasteiger partial charge in [0.2, 0.25) is 0 Å². The quantitative estimate of drug-likeness (QED) is 0.769. The summed E-state index contributed by atoms with van der Waals surface area (Å²) < 4.78 is 11.0. The lowest BCUT2D eigenvalue weighted by Crippen LogP contribution is -2.35. The molecule has 0 amide bonds.